The summed E-state index contributed by atoms with van der Waals surface area (Å²) in [6.07, 6.45) is 0.946. The van der Waals surface area contributed by atoms with Gasteiger partial charge in [-0.15, -0.1) is 0 Å². The van der Waals surface area contributed by atoms with Crippen molar-refractivity contribution in [1.29, 1.82) is 5.26 Å². The van der Waals surface area contributed by atoms with Crippen LogP contribution in [-0.4, -0.2) is 12.6 Å². The van der Waals surface area contributed by atoms with Crippen LogP contribution in [0.4, 0.5) is 5.69 Å². The number of benzene rings is 2. The molecule has 0 aliphatic heterocycles. The van der Waals surface area contributed by atoms with Crippen molar-refractivity contribution in [2.45, 2.75) is 19.4 Å². The van der Waals surface area contributed by atoms with Crippen molar-refractivity contribution in [2.75, 3.05) is 11.9 Å². The molecule has 0 spiro atoms. The fraction of sp³-hybridized carbons (Fsp3) is 0.267. The molecule has 92 valence electrons. The van der Waals surface area contributed by atoms with Crippen molar-refractivity contribution in [1.82, 2.24) is 0 Å². The van der Waals surface area contributed by atoms with Crippen LogP contribution < -0.4 is 11.1 Å². The van der Waals surface area contributed by atoms with Crippen LogP contribution in [0.2, 0.25) is 0 Å². The van der Waals surface area contributed by atoms with Crippen molar-refractivity contribution in [3.63, 3.8) is 0 Å². The molecule has 0 heterocycles. The third kappa shape index (κ3) is 2.44. The van der Waals surface area contributed by atoms with Gasteiger partial charge >= 0.3 is 0 Å². The van der Waals surface area contributed by atoms with E-state index >= 15 is 0 Å². The quantitative estimate of drug-likeness (QED) is 0.862. The van der Waals surface area contributed by atoms with Crippen molar-refractivity contribution in [2.24, 2.45) is 5.73 Å². The molecule has 0 fully saturated rings. The van der Waals surface area contributed by atoms with Crippen molar-refractivity contribution >= 4 is 16.5 Å². The molecular weight excluding hydrogens is 222 g/mol. The van der Waals surface area contributed by atoms with E-state index in [0.717, 1.165) is 29.4 Å². The average Bonchev–Trinajstić information content (AvgIpc) is 2.44. The predicted molar refractivity (Wildman–Crippen MR) is 75.4 cm³/mol. The van der Waals surface area contributed by atoms with E-state index in [1.54, 1.807) is 0 Å². The standard InChI is InChI=1S/C15H17N3/c1-2-12(17)10-18-15-8-7-11(9-16)13-5-3-4-6-14(13)15/h3-8,12,18H,2,10,17H2,1H3. The first kappa shape index (κ1) is 12.4. The second-order valence-corrected chi connectivity index (χ2v) is 4.37. The molecule has 3 N–H and O–H groups in total. The summed E-state index contributed by atoms with van der Waals surface area (Å²) in [6, 6.07) is 14.1. The number of nitrogens with zero attached hydrogens (tertiary/aromatic N) is 1. The zero-order valence-electron chi connectivity index (χ0n) is 10.5. The van der Waals surface area contributed by atoms with Crippen molar-refractivity contribution in [3.8, 4) is 6.07 Å². The molecule has 0 saturated heterocycles. The Hall–Kier alpha value is -2.05. The molecule has 0 amide bonds. The molecule has 2 aromatic carbocycles. The molecule has 0 aliphatic rings. The van der Waals surface area contributed by atoms with Gasteiger partial charge in [0.2, 0.25) is 0 Å². The molecule has 1 unspecified atom stereocenters. The van der Waals surface area contributed by atoms with Crippen LogP contribution in [0.3, 0.4) is 0 Å². The zero-order chi connectivity index (χ0) is 13.0. The molecule has 3 heteroatoms. The Kier molecular flexibility index (Phi) is 3.81. The smallest absolute Gasteiger partial charge is 0.0998 e. The number of hydrogen-bond donors (Lipinski definition) is 2. The normalized spacial score (nSPS) is 12.1. The average molecular weight is 239 g/mol. The highest BCUT2D eigenvalue weighted by molar-refractivity contribution is 5.97. The van der Waals surface area contributed by atoms with Gasteiger partial charge in [0.05, 0.1) is 11.6 Å². The van der Waals surface area contributed by atoms with Crippen LogP contribution in [0, 0.1) is 11.3 Å². The van der Waals surface area contributed by atoms with Gasteiger partial charge in [0, 0.05) is 29.0 Å². The van der Waals surface area contributed by atoms with E-state index in [2.05, 4.69) is 18.3 Å². The highest BCUT2D eigenvalue weighted by atomic mass is 14.9. The Morgan fingerprint density at radius 3 is 2.61 bits per heavy atom. The molecule has 0 saturated carbocycles. The summed E-state index contributed by atoms with van der Waals surface area (Å²) >= 11 is 0. The first-order valence-electron chi connectivity index (χ1n) is 6.17. The summed E-state index contributed by atoms with van der Waals surface area (Å²) in [6.45, 7) is 2.82. The Morgan fingerprint density at radius 1 is 1.22 bits per heavy atom. The maximum absolute atomic E-state index is 9.09. The summed E-state index contributed by atoms with van der Waals surface area (Å²) in [5.74, 6) is 0. The van der Waals surface area contributed by atoms with Gasteiger partial charge in [0.1, 0.15) is 0 Å². The van der Waals surface area contributed by atoms with Gasteiger partial charge in [-0.05, 0) is 18.6 Å². The first-order valence-corrected chi connectivity index (χ1v) is 6.17. The van der Waals surface area contributed by atoms with Gasteiger partial charge in [-0.3, -0.25) is 0 Å². The SMILES string of the molecule is CCC(N)CNc1ccc(C#N)c2ccccc12. The van der Waals surface area contributed by atoms with Crippen LogP contribution in [-0.2, 0) is 0 Å². The monoisotopic (exact) mass is 239 g/mol. The number of fused-ring (bicyclic) bond motifs is 1. The summed E-state index contributed by atoms with van der Waals surface area (Å²) in [4.78, 5) is 0. The largest absolute Gasteiger partial charge is 0.383 e. The Balaban J connectivity index is 2.38. The minimum absolute atomic E-state index is 0.152. The van der Waals surface area contributed by atoms with Crippen LogP contribution >= 0.6 is 0 Å². The summed E-state index contributed by atoms with van der Waals surface area (Å²) in [5, 5.41) is 14.5. The fourth-order valence-corrected chi connectivity index (χ4v) is 1.94. The molecule has 3 nitrogen and oxygen atoms in total. The fourth-order valence-electron chi connectivity index (χ4n) is 1.94. The van der Waals surface area contributed by atoms with E-state index in [1.165, 1.54) is 0 Å². The van der Waals surface area contributed by atoms with Crippen LogP contribution in [0.15, 0.2) is 36.4 Å². The molecule has 0 aromatic heterocycles. The lowest BCUT2D eigenvalue weighted by Gasteiger charge is -2.14. The zero-order valence-corrected chi connectivity index (χ0v) is 10.5. The van der Waals surface area contributed by atoms with Crippen LogP contribution in [0.5, 0.6) is 0 Å². The minimum Gasteiger partial charge on any atom is -0.383 e. The molecular formula is C15H17N3. The lowest BCUT2D eigenvalue weighted by molar-refractivity contribution is 0.679. The summed E-state index contributed by atoms with van der Waals surface area (Å²) < 4.78 is 0. The topological polar surface area (TPSA) is 61.8 Å². The number of hydrogen-bond acceptors (Lipinski definition) is 3. The molecule has 0 bridgehead atoms. The highest BCUT2D eigenvalue weighted by Crippen LogP contribution is 2.26. The van der Waals surface area contributed by atoms with Crippen LogP contribution in [0.1, 0.15) is 18.9 Å². The molecule has 2 rings (SSSR count). The molecule has 18 heavy (non-hydrogen) atoms. The summed E-state index contributed by atoms with van der Waals surface area (Å²) in [7, 11) is 0. The van der Waals surface area contributed by atoms with Gasteiger partial charge < -0.3 is 11.1 Å². The van der Waals surface area contributed by atoms with Gasteiger partial charge in [-0.1, -0.05) is 31.2 Å². The maximum Gasteiger partial charge on any atom is 0.0998 e. The van der Waals surface area contributed by atoms with Gasteiger partial charge in [-0.2, -0.15) is 5.26 Å². The van der Waals surface area contributed by atoms with Crippen molar-refractivity contribution in [3.05, 3.63) is 42.0 Å². The Bertz CT molecular complexity index is 584. The van der Waals surface area contributed by atoms with Gasteiger partial charge in [-0.25, -0.2) is 0 Å². The van der Waals surface area contributed by atoms with Crippen LogP contribution in [0.25, 0.3) is 10.8 Å². The van der Waals surface area contributed by atoms with Gasteiger partial charge in [0.15, 0.2) is 0 Å². The molecule has 0 aliphatic carbocycles. The number of anilines is 1. The van der Waals surface area contributed by atoms with E-state index in [4.69, 9.17) is 11.0 Å². The maximum atomic E-state index is 9.09. The Morgan fingerprint density at radius 2 is 1.94 bits per heavy atom. The lowest BCUT2D eigenvalue weighted by atomic mass is 10.0. The third-order valence-corrected chi connectivity index (χ3v) is 3.12. The van der Waals surface area contributed by atoms with Gasteiger partial charge in [0.25, 0.3) is 0 Å². The minimum atomic E-state index is 0.152. The second kappa shape index (κ2) is 5.52. The second-order valence-electron chi connectivity index (χ2n) is 4.37. The molecule has 2 aromatic rings. The third-order valence-electron chi connectivity index (χ3n) is 3.12. The van der Waals surface area contributed by atoms with E-state index in [1.807, 2.05) is 36.4 Å². The lowest BCUT2D eigenvalue weighted by Crippen LogP contribution is -2.28. The van der Waals surface area contributed by atoms with E-state index in [-0.39, 0.29) is 6.04 Å². The molecule has 1 atom stereocenters. The highest BCUT2D eigenvalue weighted by Gasteiger charge is 2.06. The Labute approximate surface area is 107 Å². The number of nitriles is 1. The summed E-state index contributed by atoms with van der Waals surface area (Å²) in [5.41, 5.74) is 7.65. The number of rotatable bonds is 4. The van der Waals surface area contributed by atoms with E-state index < -0.39 is 0 Å². The first-order chi connectivity index (χ1) is 8.76. The van der Waals surface area contributed by atoms with E-state index in [9.17, 15) is 0 Å². The van der Waals surface area contributed by atoms with Crippen molar-refractivity contribution < 1.29 is 0 Å². The number of nitrogens with two attached hydrogens (primary N) is 1. The molecule has 0 radical (unpaired) electrons. The van der Waals surface area contributed by atoms with E-state index in [0.29, 0.717) is 5.56 Å². The number of nitrogens with one attached hydrogen (secondary N) is 1. The predicted octanol–water partition coefficient (Wildman–Crippen LogP) is 2.86.